The van der Waals surface area contributed by atoms with E-state index in [1.165, 1.54) is 0 Å². The fourth-order valence-corrected chi connectivity index (χ4v) is 2.68. The molecule has 0 saturated heterocycles. The molecule has 0 aliphatic rings. The fourth-order valence-electron chi connectivity index (χ4n) is 2.68. The summed E-state index contributed by atoms with van der Waals surface area (Å²) in [5.74, 6) is -0.673. The molecule has 0 heterocycles. The lowest BCUT2D eigenvalue weighted by atomic mass is 10.0. The molecular weight excluding hydrogens is 364 g/mol. The number of carbonyl (C=O) groups is 2. The van der Waals surface area contributed by atoms with Gasteiger partial charge < -0.3 is 9.47 Å². The van der Waals surface area contributed by atoms with Crippen LogP contribution in [-0.4, -0.2) is 25.2 Å². The van der Waals surface area contributed by atoms with Crippen LogP contribution < -0.4 is 0 Å². The minimum atomic E-state index is -0.349. The zero-order valence-corrected chi connectivity index (χ0v) is 16.9. The highest BCUT2D eigenvalue weighted by Gasteiger charge is 2.13. The highest BCUT2D eigenvalue weighted by Crippen LogP contribution is 2.20. The third-order valence-electron chi connectivity index (χ3n) is 4.27. The van der Waals surface area contributed by atoms with Gasteiger partial charge in [-0.1, -0.05) is 67.2 Å². The molecule has 0 unspecified atom stereocenters. The quantitative estimate of drug-likeness (QED) is 0.221. The first-order chi connectivity index (χ1) is 14.1. The van der Waals surface area contributed by atoms with Gasteiger partial charge in [-0.25, -0.2) is 9.59 Å². The molecule has 4 nitrogen and oxygen atoms in total. The second-order valence-corrected chi connectivity index (χ2v) is 6.80. The summed E-state index contributed by atoms with van der Waals surface area (Å²) in [5, 5.41) is 0. The largest absolute Gasteiger partial charge is 0.462 e. The van der Waals surface area contributed by atoms with Crippen molar-refractivity contribution >= 4 is 23.6 Å². The van der Waals surface area contributed by atoms with Crippen LogP contribution in [0.2, 0.25) is 0 Å². The number of carbonyl (C=O) groups excluding carboxylic acids is 2. The molecule has 2 aromatic carbocycles. The topological polar surface area (TPSA) is 52.6 Å². The van der Waals surface area contributed by atoms with Gasteiger partial charge in [0.25, 0.3) is 0 Å². The van der Waals surface area contributed by atoms with E-state index in [1.54, 1.807) is 6.92 Å². The zero-order chi connectivity index (χ0) is 20.9. The molecule has 0 aliphatic carbocycles. The van der Waals surface area contributed by atoms with Crippen molar-refractivity contribution < 1.29 is 19.1 Å². The number of hydrogen-bond donors (Lipinski definition) is 0. The number of esters is 2. The third-order valence-corrected chi connectivity index (χ3v) is 4.27. The van der Waals surface area contributed by atoms with E-state index in [0.717, 1.165) is 36.8 Å². The maximum absolute atomic E-state index is 12.7. The Morgan fingerprint density at radius 3 is 1.86 bits per heavy atom. The molecule has 0 saturated carbocycles. The van der Waals surface area contributed by atoms with Crippen LogP contribution in [0.1, 0.15) is 43.7 Å². The monoisotopic (exact) mass is 392 g/mol. The molecule has 152 valence electrons. The normalized spacial score (nSPS) is 11.0. The first-order valence-electron chi connectivity index (χ1n) is 9.90. The number of ether oxygens (including phenoxy) is 2. The molecule has 4 heteroatoms. The standard InChI is InChI=1S/C25H28O4/c1-20(2)24(26)28-17-11-3-4-12-18-29-25(27)23(22-15-9-6-10-16-22)19-21-13-7-5-8-14-21/h5-10,13-16,19H,1,3-4,11-12,17-18H2,2H3. The molecule has 29 heavy (non-hydrogen) atoms. The lowest BCUT2D eigenvalue weighted by molar-refractivity contribution is -0.139. The Labute approximate surface area is 172 Å². The van der Waals surface area contributed by atoms with Gasteiger partial charge in [0.05, 0.1) is 18.8 Å². The van der Waals surface area contributed by atoms with Crippen LogP contribution >= 0.6 is 0 Å². The van der Waals surface area contributed by atoms with Gasteiger partial charge in [-0.3, -0.25) is 0 Å². The molecule has 0 aliphatic heterocycles. The summed E-state index contributed by atoms with van der Waals surface area (Å²) in [6, 6.07) is 19.3. The van der Waals surface area contributed by atoms with Gasteiger partial charge in [-0.05, 0) is 49.8 Å². The molecule has 0 fully saturated rings. The number of hydrogen-bond acceptors (Lipinski definition) is 4. The van der Waals surface area contributed by atoms with Gasteiger partial charge in [0, 0.05) is 5.57 Å². The molecule has 0 bridgehead atoms. The van der Waals surface area contributed by atoms with E-state index in [9.17, 15) is 9.59 Å². The van der Waals surface area contributed by atoms with Crippen molar-refractivity contribution in [2.75, 3.05) is 13.2 Å². The van der Waals surface area contributed by atoms with Crippen LogP contribution in [-0.2, 0) is 19.1 Å². The summed E-state index contributed by atoms with van der Waals surface area (Å²) >= 11 is 0. The highest BCUT2D eigenvalue weighted by atomic mass is 16.5. The minimum absolute atomic E-state index is 0.324. The Morgan fingerprint density at radius 2 is 1.31 bits per heavy atom. The summed E-state index contributed by atoms with van der Waals surface area (Å²) in [6.07, 6.45) is 5.23. The summed E-state index contributed by atoms with van der Waals surface area (Å²) in [7, 11) is 0. The van der Waals surface area contributed by atoms with Crippen molar-refractivity contribution in [3.8, 4) is 0 Å². The molecule has 0 atom stereocenters. The van der Waals surface area contributed by atoms with Gasteiger partial charge in [0.2, 0.25) is 0 Å². The minimum Gasteiger partial charge on any atom is -0.462 e. The molecule has 2 aromatic rings. The average Bonchev–Trinajstić information content (AvgIpc) is 2.74. The van der Waals surface area contributed by atoms with E-state index < -0.39 is 0 Å². The van der Waals surface area contributed by atoms with Crippen LogP contribution in [0.3, 0.4) is 0 Å². The fraction of sp³-hybridized carbons (Fsp3) is 0.280. The van der Waals surface area contributed by atoms with E-state index in [0.29, 0.717) is 24.4 Å². The lowest BCUT2D eigenvalue weighted by Gasteiger charge is -2.09. The number of rotatable bonds is 11. The first kappa shape index (κ1) is 22.2. The van der Waals surface area contributed by atoms with Gasteiger partial charge in [0.1, 0.15) is 0 Å². The second kappa shape index (κ2) is 12.3. The SMILES string of the molecule is C=C(C)C(=O)OCCCCCCOC(=O)C(=Cc1ccccc1)c1ccccc1. The van der Waals surface area contributed by atoms with Crippen molar-refractivity contribution in [2.24, 2.45) is 0 Å². The smallest absolute Gasteiger partial charge is 0.338 e. The van der Waals surface area contributed by atoms with Crippen molar-refractivity contribution in [1.82, 2.24) is 0 Å². The Hall–Kier alpha value is -3.14. The van der Waals surface area contributed by atoms with Gasteiger partial charge in [0.15, 0.2) is 0 Å². The maximum atomic E-state index is 12.7. The van der Waals surface area contributed by atoms with Crippen molar-refractivity contribution in [1.29, 1.82) is 0 Å². The van der Waals surface area contributed by atoms with Crippen LogP contribution in [0.4, 0.5) is 0 Å². The maximum Gasteiger partial charge on any atom is 0.338 e. The predicted molar refractivity (Wildman–Crippen MR) is 116 cm³/mol. The van der Waals surface area contributed by atoms with Crippen molar-refractivity contribution in [3.63, 3.8) is 0 Å². The lowest BCUT2D eigenvalue weighted by Crippen LogP contribution is -2.09. The van der Waals surface area contributed by atoms with Crippen LogP contribution in [0.5, 0.6) is 0 Å². The van der Waals surface area contributed by atoms with Gasteiger partial charge in [-0.2, -0.15) is 0 Å². The van der Waals surface area contributed by atoms with E-state index in [2.05, 4.69) is 6.58 Å². The Morgan fingerprint density at radius 1 is 0.793 bits per heavy atom. The predicted octanol–water partition coefficient (Wildman–Crippen LogP) is 5.45. The molecule has 0 spiro atoms. The van der Waals surface area contributed by atoms with Crippen molar-refractivity contribution in [3.05, 3.63) is 83.9 Å². The van der Waals surface area contributed by atoms with Crippen molar-refractivity contribution in [2.45, 2.75) is 32.6 Å². The summed E-state index contributed by atoms with van der Waals surface area (Å²) < 4.78 is 10.6. The first-order valence-corrected chi connectivity index (χ1v) is 9.90. The second-order valence-electron chi connectivity index (χ2n) is 6.80. The Bertz CT molecular complexity index is 822. The molecule has 0 N–H and O–H groups in total. The third kappa shape index (κ3) is 8.18. The van der Waals surface area contributed by atoms with Crippen LogP contribution in [0.15, 0.2) is 72.8 Å². The molecule has 0 radical (unpaired) electrons. The van der Waals surface area contributed by atoms with Gasteiger partial charge in [-0.15, -0.1) is 0 Å². The van der Waals surface area contributed by atoms with Crippen LogP contribution in [0.25, 0.3) is 11.6 Å². The summed E-state index contributed by atoms with van der Waals surface area (Å²) in [4.78, 5) is 23.9. The Kier molecular flexibility index (Phi) is 9.43. The highest BCUT2D eigenvalue weighted by molar-refractivity contribution is 6.21. The molecule has 0 amide bonds. The summed E-state index contributed by atoms with van der Waals surface area (Å²) in [5.41, 5.74) is 2.74. The van der Waals surface area contributed by atoms with E-state index in [1.807, 2.05) is 66.7 Å². The van der Waals surface area contributed by atoms with E-state index in [4.69, 9.17) is 9.47 Å². The van der Waals surface area contributed by atoms with E-state index in [-0.39, 0.29) is 11.9 Å². The Balaban J connectivity index is 1.80. The van der Waals surface area contributed by atoms with Gasteiger partial charge >= 0.3 is 11.9 Å². The summed E-state index contributed by atoms with van der Waals surface area (Å²) in [6.45, 7) is 5.93. The molecule has 2 rings (SSSR count). The number of benzene rings is 2. The molecule has 0 aromatic heterocycles. The van der Waals surface area contributed by atoms with E-state index >= 15 is 0 Å². The van der Waals surface area contributed by atoms with Crippen LogP contribution in [0, 0.1) is 0 Å². The molecular formula is C25H28O4. The average molecular weight is 392 g/mol. The zero-order valence-electron chi connectivity index (χ0n) is 16.9. The number of unbranched alkanes of at least 4 members (excludes halogenated alkanes) is 3.